The molecule has 0 radical (unpaired) electrons. The van der Waals surface area contributed by atoms with Crippen LogP contribution in [0.2, 0.25) is 0 Å². The van der Waals surface area contributed by atoms with Crippen LogP contribution >= 0.6 is 0 Å². The summed E-state index contributed by atoms with van der Waals surface area (Å²) in [7, 11) is 0. The summed E-state index contributed by atoms with van der Waals surface area (Å²) < 4.78 is 10.5. The van der Waals surface area contributed by atoms with Gasteiger partial charge in [-0.05, 0) is 59.9 Å². The lowest BCUT2D eigenvalue weighted by Gasteiger charge is -2.42. The molecule has 2 aromatic rings. The highest BCUT2D eigenvalue weighted by Crippen LogP contribution is 2.45. The van der Waals surface area contributed by atoms with Gasteiger partial charge in [-0.2, -0.15) is 0 Å². The molecular weight excluding hydrogens is 380 g/mol. The number of aromatic hydroxyl groups is 1. The number of carbonyl (C=O) groups is 2. The van der Waals surface area contributed by atoms with Gasteiger partial charge in [0, 0.05) is 11.6 Å². The van der Waals surface area contributed by atoms with Crippen molar-refractivity contribution in [2.75, 3.05) is 13.2 Å². The van der Waals surface area contributed by atoms with E-state index >= 15 is 0 Å². The zero-order valence-electron chi connectivity index (χ0n) is 18.4. The van der Waals surface area contributed by atoms with Crippen molar-refractivity contribution >= 4 is 11.8 Å². The number of carbonyl (C=O) groups excluding carboxylic acids is 2. The topological polar surface area (TPSA) is 72.8 Å². The number of ketones is 1. The number of Topliss-reactive ketones (excluding diaryl/α,β-unsaturated/α-hetero) is 1. The van der Waals surface area contributed by atoms with Gasteiger partial charge < -0.3 is 14.6 Å². The number of fused-ring (bicyclic) bond motifs is 1. The van der Waals surface area contributed by atoms with E-state index in [0.29, 0.717) is 11.3 Å². The van der Waals surface area contributed by atoms with Gasteiger partial charge in [-0.25, -0.2) is 4.79 Å². The van der Waals surface area contributed by atoms with Crippen LogP contribution in [0.3, 0.4) is 0 Å². The number of phenols is 1. The van der Waals surface area contributed by atoms with Crippen LogP contribution in [0.5, 0.6) is 11.5 Å². The molecule has 0 aliphatic heterocycles. The van der Waals surface area contributed by atoms with Gasteiger partial charge in [0.05, 0.1) is 6.61 Å². The number of phenolic OH excluding ortho intramolecular Hbond substituents is 1. The first kappa shape index (κ1) is 21.9. The molecule has 0 unspecified atom stereocenters. The van der Waals surface area contributed by atoms with E-state index in [0.717, 1.165) is 12.8 Å². The van der Waals surface area contributed by atoms with Gasteiger partial charge in [-0.15, -0.1) is 0 Å². The SMILES string of the molecule is CCOC(=O)c1ccc(OCC(=O)c2ccc3c(c2)C(C)(C)CCC3(C)C)cc1O. The fourth-order valence-electron chi connectivity index (χ4n) is 3.98. The molecule has 160 valence electrons. The van der Waals surface area contributed by atoms with Crippen LogP contribution in [0.4, 0.5) is 0 Å². The predicted molar refractivity (Wildman–Crippen MR) is 116 cm³/mol. The minimum absolute atomic E-state index is 0.0245. The highest BCUT2D eigenvalue weighted by Gasteiger charge is 2.37. The standard InChI is InChI=1S/C25H30O5/c1-6-29-23(28)18-9-8-17(14-21(18)26)30-15-22(27)16-7-10-19-20(13-16)25(4,5)12-11-24(19,2)3/h7-10,13-14,26H,6,11-12,15H2,1-5H3. The van der Waals surface area contributed by atoms with E-state index in [4.69, 9.17) is 9.47 Å². The third-order valence-corrected chi connectivity index (χ3v) is 6.01. The van der Waals surface area contributed by atoms with Gasteiger partial charge in [0.1, 0.15) is 17.1 Å². The molecule has 0 heterocycles. The fourth-order valence-corrected chi connectivity index (χ4v) is 3.98. The Morgan fingerprint density at radius 3 is 2.27 bits per heavy atom. The second-order valence-electron chi connectivity index (χ2n) is 9.14. The Balaban J connectivity index is 1.75. The summed E-state index contributed by atoms with van der Waals surface area (Å²) in [5, 5.41) is 10.0. The zero-order chi connectivity index (χ0) is 22.1. The maximum Gasteiger partial charge on any atom is 0.341 e. The maximum atomic E-state index is 12.8. The molecule has 0 atom stereocenters. The van der Waals surface area contributed by atoms with Crippen molar-refractivity contribution in [2.45, 2.75) is 58.3 Å². The van der Waals surface area contributed by atoms with Crippen molar-refractivity contribution in [1.82, 2.24) is 0 Å². The molecule has 0 saturated carbocycles. The lowest BCUT2D eigenvalue weighted by molar-refractivity contribution is 0.0522. The van der Waals surface area contributed by atoms with Crippen LogP contribution in [0, 0.1) is 0 Å². The van der Waals surface area contributed by atoms with Crippen LogP contribution in [0.15, 0.2) is 36.4 Å². The Hall–Kier alpha value is -2.82. The summed E-state index contributed by atoms with van der Waals surface area (Å²) in [5.41, 5.74) is 3.33. The molecule has 2 aromatic carbocycles. The quantitative estimate of drug-likeness (QED) is 0.525. The minimum Gasteiger partial charge on any atom is -0.507 e. The summed E-state index contributed by atoms with van der Waals surface area (Å²) in [4.78, 5) is 24.5. The first-order valence-corrected chi connectivity index (χ1v) is 10.4. The van der Waals surface area contributed by atoms with Crippen molar-refractivity contribution in [2.24, 2.45) is 0 Å². The van der Waals surface area contributed by atoms with E-state index < -0.39 is 5.97 Å². The minimum atomic E-state index is -0.600. The van der Waals surface area contributed by atoms with Gasteiger partial charge in [0.15, 0.2) is 12.4 Å². The molecule has 1 aliphatic rings. The fraction of sp³-hybridized carbons (Fsp3) is 0.440. The molecule has 30 heavy (non-hydrogen) atoms. The van der Waals surface area contributed by atoms with Gasteiger partial charge >= 0.3 is 5.97 Å². The van der Waals surface area contributed by atoms with Crippen LogP contribution in [0.25, 0.3) is 0 Å². The third kappa shape index (κ3) is 4.35. The van der Waals surface area contributed by atoms with E-state index in [1.165, 1.54) is 29.3 Å². The van der Waals surface area contributed by atoms with Crippen LogP contribution in [-0.2, 0) is 15.6 Å². The Labute approximate surface area is 178 Å². The largest absolute Gasteiger partial charge is 0.507 e. The molecular formula is C25H30O5. The highest BCUT2D eigenvalue weighted by molar-refractivity contribution is 5.97. The van der Waals surface area contributed by atoms with Crippen molar-refractivity contribution in [1.29, 1.82) is 0 Å². The molecule has 1 aliphatic carbocycles. The lowest BCUT2D eigenvalue weighted by atomic mass is 9.63. The van der Waals surface area contributed by atoms with Crippen molar-refractivity contribution in [3.63, 3.8) is 0 Å². The van der Waals surface area contributed by atoms with Crippen LogP contribution in [0.1, 0.15) is 79.3 Å². The Morgan fingerprint density at radius 2 is 1.63 bits per heavy atom. The Bertz CT molecular complexity index is 971. The van der Waals surface area contributed by atoms with Gasteiger partial charge in [-0.3, -0.25) is 4.79 Å². The molecule has 0 saturated heterocycles. The van der Waals surface area contributed by atoms with E-state index in [9.17, 15) is 14.7 Å². The van der Waals surface area contributed by atoms with Crippen LogP contribution < -0.4 is 4.74 Å². The molecule has 0 bridgehead atoms. The van der Waals surface area contributed by atoms with Crippen molar-refractivity contribution in [3.05, 3.63) is 58.7 Å². The molecule has 1 N–H and O–H groups in total. The second kappa shape index (κ2) is 8.13. The molecule has 5 heteroatoms. The van der Waals surface area contributed by atoms with Crippen molar-refractivity contribution < 1.29 is 24.2 Å². The normalized spacial score (nSPS) is 16.4. The van der Waals surface area contributed by atoms with E-state index in [1.54, 1.807) is 6.92 Å². The van der Waals surface area contributed by atoms with E-state index in [-0.39, 0.29) is 41.1 Å². The predicted octanol–water partition coefficient (Wildman–Crippen LogP) is 5.18. The molecule has 0 aromatic heterocycles. The number of hydrogen-bond donors (Lipinski definition) is 1. The summed E-state index contributed by atoms with van der Waals surface area (Å²) in [6.07, 6.45) is 2.20. The highest BCUT2D eigenvalue weighted by atomic mass is 16.5. The van der Waals surface area contributed by atoms with Gasteiger partial charge in [-0.1, -0.05) is 39.8 Å². The molecule has 0 amide bonds. The number of esters is 1. The summed E-state index contributed by atoms with van der Waals surface area (Å²) in [6.45, 7) is 10.7. The molecule has 0 spiro atoms. The van der Waals surface area contributed by atoms with E-state index in [1.807, 2.05) is 12.1 Å². The summed E-state index contributed by atoms with van der Waals surface area (Å²) in [5.74, 6) is -0.660. The molecule has 0 fully saturated rings. The number of rotatable bonds is 6. The second-order valence-corrected chi connectivity index (χ2v) is 9.14. The number of hydrogen-bond acceptors (Lipinski definition) is 5. The Kier molecular flexibility index (Phi) is 5.93. The van der Waals surface area contributed by atoms with Crippen molar-refractivity contribution in [3.8, 4) is 11.5 Å². The van der Waals surface area contributed by atoms with Gasteiger partial charge in [0.25, 0.3) is 0 Å². The summed E-state index contributed by atoms with van der Waals surface area (Å²) >= 11 is 0. The maximum absolute atomic E-state index is 12.8. The summed E-state index contributed by atoms with van der Waals surface area (Å²) in [6, 6.07) is 10.2. The average Bonchev–Trinajstić information content (AvgIpc) is 2.69. The monoisotopic (exact) mass is 410 g/mol. The number of ether oxygens (including phenoxy) is 2. The number of benzene rings is 2. The first-order valence-electron chi connectivity index (χ1n) is 10.4. The van der Waals surface area contributed by atoms with E-state index in [2.05, 4.69) is 33.8 Å². The zero-order valence-corrected chi connectivity index (χ0v) is 18.4. The van der Waals surface area contributed by atoms with Crippen LogP contribution in [-0.4, -0.2) is 30.1 Å². The first-order chi connectivity index (χ1) is 14.0. The Morgan fingerprint density at radius 1 is 0.967 bits per heavy atom. The van der Waals surface area contributed by atoms with Gasteiger partial charge in [0.2, 0.25) is 0 Å². The molecule has 5 nitrogen and oxygen atoms in total. The average molecular weight is 411 g/mol. The smallest absolute Gasteiger partial charge is 0.341 e. The molecule has 3 rings (SSSR count). The third-order valence-electron chi connectivity index (χ3n) is 6.01. The lowest BCUT2D eigenvalue weighted by Crippen LogP contribution is -2.34.